The first kappa shape index (κ1) is 16.8. The molecule has 2 aromatic carbocycles. The van der Waals surface area contributed by atoms with Crippen molar-refractivity contribution in [1.29, 1.82) is 0 Å². The standard InChI is InChI=1S/C19H17ClN4O2/c20-15-5-4-14(18(8-15)24-12-21-11-22-24)9-23-7-6-13-2-1-3-16(19(25)26)17(13)10-23/h1-5,8,11-12H,6-7,9-10H2,(H,25,26). The van der Waals surface area contributed by atoms with E-state index in [9.17, 15) is 9.90 Å². The van der Waals surface area contributed by atoms with Gasteiger partial charge in [0.2, 0.25) is 0 Å². The van der Waals surface area contributed by atoms with Gasteiger partial charge in [0.25, 0.3) is 0 Å². The molecule has 26 heavy (non-hydrogen) atoms. The molecular weight excluding hydrogens is 352 g/mol. The van der Waals surface area contributed by atoms with Crippen LogP contribution in [-0.2, 0) is 19.5 Å². The van der Waals surface area contributed by atoms with Crippen LogP contribution in [0.1, 0.15) is 27.0 Å². The molecule has 0 saturated heterocycles. The molecule has 7 heteroatoms. The molecule has 1 aromatic heterocycles. The summed E-state index contributed by atoms with van der Waals surface area (Å²) >= 11 is 6.16. The molecule has 0 spiro atoms. The van der Waals surface area contributed by atoms with Crippen LogP contribution in [0.2, 0.25) is 5.02 Å². The lowest BCUT2D eigenvalue weighted by Gasteiger charge is -2.30. The maximum Gasteiger partial charge on any atom is 0.336 e. The van der Waals surface area contributed by atoms with E-state index in [0.717, 1.165) is 35.3 Å². The first-order valence-electron chi connectivity index (χ1n) is 8.31. The van der Waals surface area contributed by atoms with E-state index in [4.69, 9.17) is 11.6 Å². The van der Waals surface area contributed by atoms with E-state index in [2.05, 4.69) is 15.0 Å². The summed E-state index contributed by atoms with van der Waals surface area (Å²) in [5, 5.41) is 14.3. The van der Waals surface area contributed by atoms with Crippen LogP contribution >= 0.6 is 11.6 Å². The highest BCUT2D eigenvalue weighted by Crippen LogP contribution is 2.26. The Bertz CT molecular complexity index is 956. The van der Waals surface area contributed by atoms with Gasteiger partial charge in [0.05, 0.1) is 11.3 Å². The number of benzene rings is 2. The van der Waals surface area contributed by atoms with Gasteiger partial charge in [-0.2, -0.15) is 5.10 Å². The summed E-state index contributed by atoms with van der Waals surface area (Å²) in [4.78, 5) is 17.8. The van der Waals surface area contributed by atoms with Crippen LogP contribution in [0, 0.1) is 0 Å². The van der Waals surface area contributed by atoms with E-state index < -0.39 is 5.97 Å². The molecule has 0 aliphatic carbocycles. The van der Waals surface area contributed by atoms with Gasteiger partial charge in [0.15, 0.2) is 0 Å². The van der Waals surface area contributed by atoms with Crippen LogP contribution in [0.4, 0.5) is 0 Å². The monoisotopic (exact) mass is 368 g/mol. The molecule has 2 heterocycles. The fourth-order valence-electron chi connectivity index (χ4n) is 3.43. The molecule has 3 aromatic rings. The summed E-state index contributed by atoms with van der Waals surface area (Å²) < 4.78 is 1.70. The first-order chi connectivity index (χ1) is 12.6. The van der Waals surface area contributed by atoms with Gasteiger partial charge in [-0.05, 0) is 41.3 Å². The van der Waals surface area contributed by atoms with E-state index >= 15 is 0 Å². The van der Waals surface area contributed by atoms with Crippen molar-refractivity contribution in [3.05, 3.63) is 76.3 Å². The molecule has 0 unspecified atom stereocenters. The summed E-state index contributed by atoms with van der Waals surface area (Å²) in [5.41, 5.74) is 4.36. The Morgan fingerprint density at radius 1 is 1.27 bits per heavy atom. The second-order valence-electron chi connectivity index (χ2n) is 6.32. The van der Waals surface area contributed by atoms with Crippen molar-refractivity contribution in [3.8, 4) is 5.69 Å². The Morgan fingerprint density at radius 3 is 2.92 bits per heavy atom. The zero-order valence-electron chi connectivity index (χ0n) is 14.0. The number of halogens is 1. The number of carboxylic acids is 1. The van der Waals surface area contributed by atoms with Crippen molar-refractivity contribution in [3.63, 3.8) is 0 Å². The van der Waals surface area contributed by atoms with Crippen LogP contribution < -0.4 is 0 Å². The number of aromatic nitrogens is 3. The van der Waals surface area contributed by atoms with E-state index in [1.165, 1.54) is 6.33 Å². The molecule has 6 nitrogen and oxygen atoms in total. The van der Waals surface area contributed by atoms with Crippen LogP contribution in [0.15, 0.2) is 49.1 Å². The third-order valence-corrected chi connectivity index (χ3v) is 4.92. The highest BCUT2D eigenvalue weighted by Gasteiger charge is 2.22. The van der Waals surface area contributed by atoms with Gasteiger partial charge >= 0.3 is 5.97 Å². The highest BCUT2D eigenvalue weighted by atomic mass is 35.5. The van der Waals surface area contributed by atoms with Gasteiger partial charge in [0.1, 0.15) is 12.7 Å². The predicted octanol–water partition coefficient (Wildman–Crippen LogP) is 3.18. The van der Waals surface area contributed by atoms with E-state index in [1.807, 2.05) is 30.3 Å². The molecule has 0 fully saturated rings. The maximum absolute atomic E-state index is 11.5. The molecular formula is C19H17ClN4O2. The first-order valence-corrected chi connectivity index (χ1v) is 8.69. The molecule has 0 atom stereocenters. The zero-order chi connectivity index (χ0) is 18.1. The summed E-state index contributed by atoms with van der Waals surface area (Å²) in [5.74, 6) is -0.876. The molecule has 1 aliphatic rings. The minimum atomic E-state index is -0.876. The maximum atomic E-state index is 11.5. The van der Waals surface area contributed by atoms with Crippen molar-refractivity contribution >= 4 is 17.6 Å². The number of hydrogen-bond acceptors (Lipinski definition) is 4. The van der Waals surface area contributed by atoms with Gasteiger partial charge in [-0.1, -0.05) is 29.8 Å². The number of fused-ring (bicyclic) bond motifs is 1. The number of aromatic carboxylic acids is 1. The fourth-order valence-corrected chi connectivity index (χ4v) is 3.60. The third kappa shape index (κ3) is 3.21. The average Bonchev–Trinajstić information content (AvgIpc) is 3.17. The number of rotatable bonds is 4. The van der Waals surface area contributed by atoms with Crippen molar-refractivity contribution in [2.75, 3.05) is 6.54 Å². The molecule has 132 valence electrons. The molecule has 0 amide bonds. The van der Waals surface area contributed by atoms with Crippen molar-refractivity contribution in [1.82, 2.24) is 19.7 Å². The molecule has 0 saturated carbocycles. The lowest BCUT2D eigenvalue weighted by molar-refractivity contribution is 0.0693. The normalized spacial score (nSPS) is 14.2. The summed E-state index contributed by atoms with van der Waals surface area (Å²) in [6.45, 7) is 2.16. The van der Waals surface area contributed by atoms with E-state index in [1.54, 1.807) is 17.1 Å². The second kappa shape index (κ2) is 6.90. The Balaban J connectivity index is 1.63. The quantitative estimate of drug-likeness (QED) is 0.765. The van der Waals surface area contributed by atoms with Gasteiger partial charge in [-0.25, -0.2) is 14.5 Å². The van der Waals surface area contributed by atoms with Gasteiger partial charge in [0, 0.05) is 24.7 Å². The third-order valence-electron chi connectivity index (χ3n) is 4.69. The molecule has 4 rings (SSSR count). The van der Waals surface area contributed by atoms with Crippen molar-refractivity contribution < 1.29 is 9.90 Å². The van der Waals surface area contributed by atoms with Crippen molar-refractivity contribution in [2.24, 2.45) is 0 Å². The van der Waals surface area contributed by atoms with Crippen LogP contribution in [0.3, 0.4) is 0 Å². The predicted molar refractivity (Wildman–Crippen MR) is 97.6 cm³/mol. The Hall–Kier alpha value is -2.70. The smallest absolute Gasteiger partial charge is 0.336 e. The second-order valence-corrected chi connectivity index (χ2v) is 6.76. The number of hydrogen-bond donors (Lipinski definition) is 1. The Labute approximate surface area is 155 Å². The Morgan fingerprint density at radius 2 is 2.15 bits per heavy atom. The zero-order valence-corrected chi connectivity index (χ0v) is 14.7. The van der Waals surface area contributed by atoms with Crippen LogP contribution in [0.25, 0.3) is 5.69 Å². The lowest BCUT2D eigenvalue weighted by atomic mass is 9.94. The highest BCUT2D eigenvalue weighted by molar-refractivity contribution is 6.30. The van der Waals surface area contributed by atoms with Crippen LogP contribution in [0.5, 0.6) is 0 Å². The number of nitrogens with zero attached hydrogens (tertiary/aromatic N) is 4. The average molecular weight is 369 g/mol. The van der Waals surface area contributed by atoms with Gasteiger partial charge in [-0.3, -0.25) is 4.90 Å². The largest absolute Gasteiger partial charge is 0.478 e. The molecule has 1 aliphatic heterocycles. The summed E-state index contributed by atoms with van der Waals surface area (Å²) in [6, 6.07) is 11.2. The van der Waals surface area contributed by atoms with Crippen LogP contribution in [-0.4, -0.2) is 37.3 Å². The molecule has 0 radical (unpaired) electrons. The molecule has 1 N–H and O–H groups in total. The molecule has 0 bridgehead atoms. The van der Waals surface area contributed by atoms with E-state index in [-0.39, 0.29) is 0 Å². The minimum absolute atomic E-state index is 0.389. The Kier molecular flexibility index (Phi) is 4.44. The van der Waals surface area contributed by atoms with Gasteiger partial charge in [-0.15, -0.1) is 0 Å². The topological polar surface area (TPSA) is 71.2 Å². The minimum Gasteiger partial charge on any atom is -0.478 e. The SMILES string of the molecule is O=C(O)c1cccc2c1CN(Cc1ccc(Cl)cc1-n1cncn1)CC2. The van der Waals surface area contributed by atoms with Crippen molar-refractivity contribution in [2.45, 2.75) is 19.5 Å². The van der Waals surface area contributed by atoms with Gasteiger partial charge < -0.3 is 5.11 Å². The summed E-state index contributed by atoms with van der Waals surface area (Å²) in [7, 11) is 0. The number of carboxylic acid groups (broad SMARTS) is 1. The number of carbonyl (C=O) groups is 1. The summed E-state index contributed by atoms with van der Waals surface area (Å²) in [6.07, 6.45) is 3.97. The fraction of sp³-hybridized carbons (Fsp3) is 0.211. The lowest BCUT2D eigenvalue weighted by Crippen LogP contribution is -2.31. The van der Waals surface area contributed by atoms with E-state index in [0.29, 0.717) is 23.7 Å².